The second kappa shape index (κ2) is 5.69. The molecule has 22 heavy (non-hydrogen) atoms. The Labute approximate surface area is 141 Å². The van der Waals surface area contributed by atoms with Gasteiger partial charge in [0.15, 0.2) is 5.58 Å². The smallest absolute Gasteiger partial charge is 0.271 e. The van der Waals surface area contributed by atoms with Crippen molar-refractivity contribution in [3.8, 4) is 17.2 Å². The van der Waals surface area contributed by atoms with Gasteiger partial charge in [0.1, 0.15) is 11.3 Å². The van der Waals surface area contributed by atoms with Crippen LogP contribution in [0.15, 0.2) is 43.7 Å². The molecule has 112 valence electrons. The van der Waals surface area contributed by atoms with Gasteiger partial charge in [0, 0.05) is 16.6 Å². The number of nitro benzene ring substituents is 1. The Morgan fingerprint density at radius 3 is 2.73 bits per heavy atom. The summed E-state index contributed by atoms with van der Waals surface area (Å²) in [6.45, 7) is 0. The molecule has 0 fully saturated rings. The summed E-state index contributed by atoms with van der Waals surface area (Å²) >= 11 is 6.82. The minimum atomic E-state index is -0.468. The molecule has 3 rings (SSSR count). The van der Waals surface area contributed by atoms with Crippen molar-refractivity contribution in [1.29, 1.82) is 0 Å². The Bertz CT molecular complexity index is 892. The molecule has 0 radical (unpaired) electrons. The standard InChI is InChI=1S/C14H8Br2N2O4/c1-21-13-9(4-7(15)5-10(13)16)14-17-11-6-8(18(19)20)2-3-12(11)22-14/h2-6H,1H3. The van der Waals surface area contributed by atoms with Gasteiger partial charge in [0.2, 0.25) is 5.89 Å². The SMILES string of the molecule is COc1c(Br)cc(Br)cc1-c1nc2cc([N+](=O)[O-])ccc2o1. The summed E-state index contributed by atoms with van der Waals surface area (Å²) in [5, 5.41) is 10.8. The average Bonchev–Trinajstić information content (AvgIpc) is 2.89. The fourth-order valence-electron chi connectivity index (χ4n) is 2.07. The minimum absolute atomic E-state index is 0.0327. The molecule has 0 atom stereocenters. The van der Waals surface area contributed by atoms with E-state index < -0.39 is 4.92 Å². The average molecular weight is 428 g/mol. The molecule has 8 heteroatoms. The van der Waals surface area contributed by atoms with Gasteiger partial charge in [0.05, 0.1) is 22.1 Å². The number of hydrogen-bond donors (Lipinski definition) is 0. The summed E-state index contributed by atoms with van der Waals surface area (Å²) < 4.78 is 12.6. The van der Waals surface area contributed by atoms with E-state index in [-0.39, 0.29) is 5.69 Å². The van der Waals surface area contributed by atoms with Gasteiger partial charge in [-0.15, -0.1) is 0 Å². The number of methoxy groups -OCH3 is 1. The summed E-state index contributed by atoms with van der Waals surface area (Å²) in [7, 11) is 1.55. The lowest BCUT2D eigenvalue weighted by Crippen LogP contribution is -1.90. The van der Waals surface area contributed by atoms with Crippen LogP contribution in [0, 0.1) is 10.1 Å². The van der Waals surface area contributed by atoms with Crippen LogP contribution in [0.2, 0.25) is 0 Å². The molecule has 0 aliphatic rings. The number of rotatable bonds is 3. The van der Waals surface area contributed by atoms with Gasteiger partial charge >= 0.3 is 0 Å². The highest BCUT2D eigenvalue weighted by molar-refractivity contribution is 9.11. The molecule has 0 saturated heterocycles. The van der Waals surface area contributed by atoms with E-state index in [1.165, 1.54) is 18.2 Å². The van der Waals surface area contributed by atoms with Gasteiger partial charge in [-0.25, -0.2) is 4.98 Å². The van der Waals surface area contributed by atoms with Crippen LogP contribution < -0.4 is 4.74 Å². The zero-order chi connectivity index (χ0) is 15.9. The summed E-state index contributed by atoms with van der Waals surface area (Å²) in [6.07, 6.45) is 0. The van der Waals surface area contributed by atoms with E-state index in [2.05, 4.69) is 36.8 Å². The Morgan fingerprint density at radius 2 is 2.05 bits per heavy atom. The maximum absolute atomic E-state index is 10.8. The van der Waals surface area contributed by atoms with Crippen molar-refractivity contribution < 1.29 is 14.1 Å². The van der Waals surface area contributed by atoms with Gasteiger partial charge in [-0.3, -0.25) is 10.1 Å². The van der Waals surface area contributed by atoms with Crippen LogP contribution in [0.4, 0.5) is 5.69 Å². The number of oxazole rings is 1. The first-order valence-corrected chi connectivity index (χ1v) is 7.66. The topological polar surface area (TPSA) is 78.4 Å². The summed E-state index contributed by atoms with van der Waals surface area (Å²) in [5.74, 6) is 0.901. The third-order valence-electron chi connectivity index (χ3n) is 3.02. The van der Waals surface area contributed by atoms with Crippen molar-refractivity contribution in [2.24, 2.45) is 0 Å². The van der Waals surface area contributed by atoms with Crippen LogP contribution in [-0.2, 0) is 0 Å². The third kappa shape index (κ3) is 2.59. The predicted molar refractivity (Wildman–Crippen MR) is 88.1 cm³/mol. The molecule has 0 bridgehead atoms. The van der Waals surface area contributed by atoms with Crippen LogP contribution in [-0.4, -0.2) is 17.0 Å². The molecular weight excluding hydrogens is 420 g/mol. The maximum Gasteiger partial charge on any atom is 0.271 e. The van der Waals surface area contributed by atoms with Crippen LogP contribution in [0.25, 0.3) is 22.6 Å². The first-order valence-electron chi connectivity index (χ1n) is 6.08. The molecule has 2 aromatic carbocycles. The highest BCUT2D eigenvalue weighted by Crippen LogP contribution is 2.39. The van der Waals surface area contributed by atoms with Gasteiger partial charge in [0.25, 0.3) is 5.69 Å². The van der Waals surface area contributed by atoms with Crippen LogP contribution in [0.3, 0.4) is 0 Å². The normalized spacial score (nSPS) is 10.9. The van der Waals surface area contributed by atoms with E-state index >= 15 is 0 Å². The van der Waals surface area contributed by atoms with E-state index in [0.29, 0.717) is 28.3 Å². The predicted octanol–water partition coefficient (Wildman–Crippen LogP) is 4.94. The molecule has 0 unspecified atom stereocenters. The van der Waals surface area contributed by atoms with Crippen molar-refractivity contribution in [3.63, 3.8) is 0 Å². The molecule has 0 N–H and O–H groups in total. The minimum Gasteiger partial charge on any atom is -0.495 e. The number of non-ortho nitro benzene ring substituents is 1. The van der Waals surface area contributed by atoms with E-state index in [1.54, 1.807) is 7.11 Å². The van der Waals surface area contributed by atoms with E-state index in [0.717, 1.165) is 8.95 Å². The molecule has 0 spiro atoms. The van der Waals surface area contributed by atoms with Crippen molar-refractivity contribution in [3.05, 3.63) is 49.4 Å². The Morgan fingerprint density at radius 1 is 1.27 bits per heavy atom. The molecule has 1 aromatic heterocycles. The Balaban J connectivity index is 2.20. The summed E-state index contributed by atoms with van der Waals surface area (Å²) in [4.78, 5) is 14.7. The van der Waals surface area contributed by atoms with Gasteiger partial charge in [-0.05, 0) is 34.1 Å². The molecule has 0 aliphatic carbocycles. The number of nitrogens with zero attached hydrogens (tertiary/aromatic N) is 2. The molecule has 0 saturated carbocycles. The molecule has 0 amide bonds. The van der Waals surface area contributed by atoms with Crippen LogP contribution >= 0.6 is 31.9 Å². The Kier molecular flexibility index (Phi) is 3.88. The quantitative estimate of drug-likeness (QED) is 0.437. The lowest BCUT2D eigenvalue weighted by Gasteiger charge is -2.08. The number of ether oxygens (including phenoxy) is 1. The molecule has 0 aliphatic heterocycles. The Hall–Kier alpha value is -1.93. The number of fused-ring (bicyclic) bond motifs is 1. The number of aromatic nitrogens is 1. The number of hydrogen-bond acceptors (Lipinski definition) is 5. The molecular formula is C14H8Br2N2O4. The first-order chi connectivity index (χ1) is 10.5. The third-order valence-corrected chi connectivity index (χ3v) is 4.07. The maximum atomic E-state index is 10.8. The highest BCUT2D eigenvalue weighted by Gasteiger charge is 2.18. The fourth-order valence-corrected chi connectivity index (χ4v) is 3.46. The zero-order valence-corrected chi connectivity index (χ0v) is 14.3. The largest absolute Gasteiger partial charge is 0.495 e. The van der Waals surface area contributed by atoms with Gasteiger partial charge in [-0.2, -0.15) is 0 Å². The lowest BCUT2D eigenvalue weighted by molar-refractivity contribution is -0.384. The number of halogens is 2. The van der Waals surface area contributed by atoms with E-state index in [1.807, 2.05) is 12.1 Å². The highest BCUT2D eigenvalue weighted by atomic mass is 79.9. The number of benzene rings is 2. The van der Waals surface area contributed by atoms with Crippen molar-refractivity contribution in [2.45, 2.75) is 0 Å². The fraction of sp³-hybridized carbons (Fsp3) is 0.0714. The monoisotopic (exact) mass is 426 g/mol. The first kappa shape index (κ1) is 15.0. The molecule has 6 nitrogen and oxygen atoms in total. The van der Waals surface area contributed by atoms with Gasteiger partial charge < -0.3 is 9.15 Å². The zero-order valence-electron chi connectivity index (χ0n) is 11.2. The lowest BCUT2D eigenvalue weighted by atomic mass is 10.2. The summed E-state index contributed by atoms with van der Waals surface area (Å²) in [5.41, 5.74) is 1.50. The van der Waals surface area contributed by atoms with Crippen molar-refractivity contribution in [1.82, 2.24) is 4.98 Å². The van der Waals surface area contributed by atoms with Crippen molar-refractivity contribution in [2.75, 3.05) is 7.11 Å². The summed E-state index contributed by atoms with van der Waals surface area (Å²) in [6, 6.07) is 7.94. The second-order valence-corrected chi connectivity index (χ2v) is 6.17. The van der Waals surface area contributed by atoms with E-state index in [4.69, 9.17) is 9.15 Å². The molecule has 1 heterocycles. The second-order valence-electron chi connectivity index (χ2n) is 4.40. The van der Waals surface area contributed by atoms with Gasteiger partial charge in [-0.1, -0.05) is 15.9 Å². The van der Waals surface area contributed by atoms with Crippen LogP contribution in [0.5, 0.6) is 5.75 Å². The van der Waals surface area contributed by atoms with E-state index in [9.17, 15) is 10.1 Å². The molecule has 3 aromatic rings. The van der Waals surface area contributed by atoms with Crippen molar-refractivity contribution >= 4 is 48.6 Å². The number of nitro groups is 1. The van der Waals surface area contributed by atoms with Crippen LogP contribution in [0.1, 0.15) is 0 Å².